The maximum Gasteiger partial charge on any atom is 0.242 e. The van der Waals surface area contributed by atoms with Crippen LogP contribution in [0.3, 0.4) is 0 Å². The van der Waals surface area contributed by atoms with Crippen molar-refractivity contribution in [3.8, 4) is 0 Å². The summed E-state index contributed by atoms with van der Waals surface area (Å²) in [5.74, 6) is 0.215. The summed E-state index contributed by atoms with van der Waals surface area (Å²) in [6.45, 7) is 9.26. The Kier molecular flexibility index (Phi) is 7.33. The zero-order valence-electron chi connectivity index (χ0n) is 20.3. The molecule has 1 unspecified atom stereocenters. The average molecular weight is 464 g/mol. The van der Waals surface area contributed by atoms with Crippen molar-refractivity contribution >= 4 is 17.3 Å². The molecule has 2 fully saturated rings. The Morgan fingerprint density at radius 1 is 0.853 bits per heavy atom. The highest BCUT2D eigenvalue weighted by atomic mass is 16.5. The fourth-order valence-corrected chi connectivity index (χ4v) is 5.36. The van der Waals surface area contributed by atoms with Gasteiger partial charge in [0, 0.05) is 69.8 Å². The molecule has 3 heterocycles. The number of nitrogens with one attached hydrogen (secondary N) is 1. The standard InChI is InChI=1S/C27H37N5O2/c1-28-24(19-29-10-9-22-5-2-3-6-23(22)18-29)20-32-12-11-31(21-27(32)33)26-8-4-7-25(17-26)30-13-15-34-16-14-30/h2-8,17,24,28H,9-16,18-21H2,1H3. The Hall–Kier alpha value is -2.61. The number of carbonyl (C=O) groups is 1. The van der Waals surface area contributed by atoms with Crippen LogP contribution < -0.4 is 15.1 Å². The number of anilines is 2. The molecule has 7 heteroatoms. The van der Waals surface area contributed by atoms with E-state index in [4.69, 9.17) is 4.74 Å². The Labute approximate surface area is 203 Å². The van der Waals surface area contributed by atoms with E-state index in [9.17, 15) is 4.79 Å². The summed E-state index contributed by atoms with van der Waals surface area (Å²) < 4.78 is 5.49. The zero-order valence-corrected chi connectivity index (χ0v) is 20.3. The molecule has 1 atom stereocenters. The maximum absolute atomic E-state index is 13.1. The van der Waals surface area contributed by atoms with E-state index in [0.717, 1.165) is 77.7 Å². The molecular formula is C27H37N5O2. The van der Waals surface area contributed by atoms with Gasteiger partial charge < -0.3 is 24.8 Å². The van der Waals surface area contributed by atoms with E-state index in [1.807, 2.05) is 11.9 Å². The third-order valence-electron chi connectivity index (χ3n) is 7.43. The molecule has 7 nitrogen and oxygen atoms in total. The van der Waals surface area contributed by atoms with E-state index >= 15 is 0 Å². The Morgan fingerprint density at radius 2 is 1.62 bits per heavy atom. The molecule has 0 aromatic heterocycles. The van der Waals surface area contributed by atoms with Gasteiger partial charge in [0.2, 0.25) is 5.91 Å². The summed E-state index contributed by atoms with van der Waals surface area (Å²) in [4.78, 5) is 22.2. The van der Waals surface area contributed by atoms with Gasteiger partial charge in [-0.2, -0.15) is 0 Å². The molecule has 1 amide bonds. The van der Waals surface area contributed by atoms with Crippen molar-refractivity contribution in [1.82, 2.24) is 15.1 Å². The van der Waals surface area contributed by atoms with E-state index in [1.165, 1.54) is 16.8 Å². The minimum absolute atomic E-state index is 0.215. The zero-order chi connectivity index (χ0) is 23.3. The second kappa shape index (κ2) is 10.8. The van der Waals surface area contributed by atoms with Crippen LogP contribution in [0.2, 0.25) is 0 Å². The lowest BCUT2D eigenvalue weighted by Gasteiger charge is -2.39. The highest BCUT2D eigenvalue weighted by molar-refractivity contribution is 5.83. The first kappa shape index (κ1) is 23.1. The van der Waals surface area contributed by atoms with E-state index < -0.39 is 0 Å². The van der Waals surface area contributed by atoms with Crippen molar-refractivity contribution in [1.29, 1.82) is 0 Å². The largest absolute Gasteiger partial charge is 0.378 e. The highest BCUT2D eigenvalue weighted by Crippen LogP contribution is 2.25. The molecule has 1 N–H and O–H groups in total. The molecule has 3 aliphatic heterocycles. The first-order valence-corrected chi connectivity index (χ1v) is 12.6. The third-order valence-corrected chi connectivity index (χ3v) is 7.43. The molecule has 2 aromatic carbocycles. The Morgan fingerprint density at radius 3 is 2.38 bits per heavy atom. The number of nitrogens with zero attached hydrogens (tertiary/aromatic N) is 4. The third kappa shape index (κ3) is 5.37. The summed E-state index contributed by atoms with van der Waals surface area (Å²) in [5.41, 5.74) is 5.26. The van der Waals surface area contributed by atoms with Gasteiger partial charge in [0.25, 0.3) is 0 Å². The number of ether oxygens (including phenoxy) is 1. The van der Waals surface area contributed by atoms with Crippen LogP contribution >= 0.6 is 0 Å². The van der Waals surface area contributed by atoms with Crippen LogP contribution in [-0.2, 0) is 22.5 Å². The fraction of sp³-hybridized carbons (Fsp3) is 0.519. The van der Waals surface area contributed by atoms with Crippen molar-refractivity contribution in [3.05, 3.63) is 59.7 Å². The fourth-order valence-electron chi connectivity index (χ4n) is 5.36. The first-order chi connectivity index (χ1) is 16.7. The minimum Gasteiger partial charge on any atom is -0.378 e. The van der Waals surface area contributed by atoms with Crippen molar-refractivity contribution < 1.29 is 9.53 Å². The lowest BCUT2D eigenvalue weighted by molar-refractivity contribution is -0.131. The number of carbonyl (C=O) groups excluding carboxylic acids is 1. The molecule has 3 aliphatic rings. The number of rotatable bonds is 7. The van der Waals surface area contributed by atoms with E-state index in [0.29, 0.717) is 6.54 Å². The van der Waals surface area contributed by atoms with Gasteiger partial charge in [-0.05, 0) is 42.8 Å². The monoisotopic (exact) mass is 463 g/mol. The highest BCUT2D eigenvalue weighted by Gasteiger charge is 2.27. The number of morpholine rings is 1. The maximum atomic E-state index is 13.1. The van der Waals surface area contributed by atoms with E-state index in [2.05, 4.69) is 68.5 Å². The summed E-state index contributed by atoms with van der Waals surface area (Å²) in [7, 11) is 2.01. The molecule has 0 spiro atoms. The average Bonchev–Trinajstić information content (AvgIpc) is 2.90. The minimum atomic E-state index is 0.215. The summed E-state index contributed by atoms with van der Waals surface area (Å²) >= 11 is 0. The van der Waals surface area contributed by atoms with Crippen LogP contribution in [0.25, 0.3) is 0 Å². The van der Waals surface area contributed by atoms with Crippen molar-refractivity contribution in [3.63, 3.8) is 0 Å². The van der Waals surface area contributed by atoms with Crippen LogP contribution in [0.4, 0.5) is 11.4 Å². The topological polar surface area (TPSA) is 51.3 Å². The van der Waals surface area contributed by atoms with Crippen LogP contribution in [0.5, 0.6) is 0 Å². The second-order valence-corrected chi connectivity index (χ2v) is 9.62. The lowest BCUT2D eigenvalue weighted by atomic mass is 9.99. The summed E-state index contributed by atoms with van der Waals surface area (Å²) in [5, 5.41) is 3.46. The molecule has 0 aliphatic carbocycles. The Balaban J connectivity index is 1.15. The number of benzene rings is 2. The molecule has 2 aromatic rings. The van der Waals surface area contributed by atoms with Gasteiger partial charge in [-0.15, -0.1) is 0 Å². The van der Waals surface area contributed by atoms with Crippen LogP contribution in [0.15, 0.2) is 48.5 Å². The molecule has 34 heavy (non-hydrogen) atoms. The molecular weight excluding hydrogens is 426 g/mol. The van der Waals surface area contributed by atoms with Crippen LogP contribution in [-0.4, -0.2) is 94.4 Å². The molecule has 0 radical (unpaired) electrons. The van der Waals surface area contributed by atoms with Gasteiger partial charge in [0.05, 0.1) is 19.8 Å². The van der Waals surface area contributed by atoms with Crippen LogP contribution in [0, 0.1) is 0 Å². The van der Waals surface area contributed by atoms with Gasteiger partial charge in [0.1, 0.15) is 0 Å². The Bertz CT molecular complexity index is 977. The SMILES string of the molecule is CNC(CN1CCc2ccccc2C1)CN1CCN(c2cccc(N3CCOCC3)c2)CC1=O. The quantitative estimate of drug-likeness (QED) is 0.676. The molecule has 5 rings (SSSR count). The van der Waals surface area contributed by atoms with Gasteiger partial charge in [-0.25, -0.2) is 0 Å². The van der Waals surface area contributed by atoms with Gasteiger partial charge in [-0.3, -0.25) is 9.69 Å². The smallest absolute Gasteiger partial charge is 0.242 e. The normalized spacial score (nSPS) is 20.4. The summed E-state index contributed by atoms with van der Waals surface area (Å²) in [6.07, 6.45) is 1.10. The van der Waals surface area contributed by atoms with Crippen molar-refractivity contribution in [2.75, 3.05) is 82.4 Å². The van der Waals surface area contributed by atoms with Gasteiger partial charge in [-0.1, -0.05) is 30.3 Å². The van der Waals surface area contributed by atoms with Gasteiger partial charge in [0.15, 0.2) is 0 Å². The second-order valence-electron chi connectivity index (χ2n) is 9.62. The number of piperazine rings is 1. The van der Waals surface area contributed by atoms with Gasteiger partial charge >= 0.3 is 0 Å². The van der Waals surface area contributed by atoms with Crippen LogP contribution in [0.1, 0.15) is 11.1 Å². The van der Waals surface area contributed by atoms with Crippen molar-refractivity contribution in [2.45, 2.75) is 19.0 Å². The summed E-state index contributed by atoms with van der Waals surface area (Å²) in [6, 6.07) is 17.6. The molecule has 0 saturated carbocycles. The van der Waals surface area contributed by atoms with E-state index in [-0.39, 0.29) is 11.9 Å². The van der Waals surface area contributed by atoms with E-state index in [1.54, 1.807) is 0 Å². The number of hydrogen-bond acceptors (Lipinski definition) is 6. The molecule has 2 saturated heterocycles. The first-order valence-electron chi connectivity index (χ1n) is 12.6. The predicted molar refractivity (Wildman–Crippen MR) is 137 cm³/mol. The lowest BCUT2D eigenvalue weighted by Crippen LogP contribution is -2.55. The number of amides is 1. The predicted octanol–water partition coefficient (Wildman–Crippen LogP) is 1.82. The number of fused-ring (bicyclic) bond motifs is 1. The molecule has 0 bridgehead atoms. The van der Waals surface area contributed by atoms with Crippen molar-refractivity contribution in [2.24, 2.45) is 0 Å². The number of likely N-dealkylation sites (N-methyl/N-ethyl adjacent to an activating group) is 1. The molecule has 182 valence electrons. The number of hydrogen-bond donors (Lipinski definition) is 1.